The fourth-order valence-electron chi connectivity index (χ4n) is 2.46. The quantitative estimate of drug-likeness (QED) is 0.526. The number of ether oxygens (including phenoxy) is 2. The summed E-state index contributed by atoms with van der Waals surface area (Å²) in [4.78, 5) is 23.6. The monoisotopic (exact) mass is 338 g/mol. The molecule has 25 heavy (non-hydrogen) atoms. The molecule has 2 aromatic carbocycles. The van der Waals surface area contributed by atoms with Gasteiger partial charge in [-0.1, -0.05) is 18.2 Å². The lowest BCUT2D eigenvalue weighted by Crippen LogP contribution is -2.15. The molecule has 3 rings (SSSR count). The molecule has 0 aliphatic carbocycles. The number of carbonyl (C=O) groups is 1. The molecule has 0 N–H and O–H groups in total. The van der Waals surface area contributed by atoms with E-state index in [9.17, 15) is 9.59 Å². The van der Waals surface area contributed by atoms with Gasteiger partial charge in [0.15, 0.2) is 6.61 Å². The van der Waals surface area contributed by atoms with Gasteiger partial charge in [0, 0.05) is 17.0 Å². The van der Waals surface area contributed by atoms with Crippen molar-refractivity contribution in [2.45, 2.75) is 20.5 Å². The summed E-state index contributed by atoms with van der Waals surface area (Å²) in [7, 11) is 0. The maximum atomic E-state index is 11.9. The van der Waals surface area contributed by atoms with Crippen molar-refractivity contribution in [3.8, 4) is 5.75 Å². The number of hydrogen-bond acceptors (Lipinski definition) is 5. The largest absolute Gasteiger partial charge is 0.482 e. The van der Waals surface area contributed by atoms with Gasteiger partial charge in [-0.3, -0.25) is 0 Å². The van der Waals surface area contributed by atoms with E-state index in [2.05, 4.69) is 0 Å². The van der Waals surface area contributed by atoms with Gasteiger partial charge in [0.25, 0.3) is 0 Å². The normalized spacial score (nSPS) is 10.6. The van der Waals surface area contributed by atoms with Crippen LogP contribution in [0.1, 0.15) is 16.7 Å². The molecule has 1 aromatic heterocycles. The van der Waals surface area contributed by atoms with Crippen molar-refractivity contribution in [1.82, 2.24) is 0 Å². The Labute approximate surface area is 144 Å². The highest BCUT2D eigenvalue weighted by Crippen LogP contribution is 2.22. The maximum Gasteiger partial charge on any atom is 0.344 e. The topological polar surface area (TPSA) is 65.7 Å². The third-order valence-electron chi connectivity index (χ3n) is 3.93. The zero-order valence-corrected chi connectivity index (χ0v) is 14.1. The first kappa shape index (κ1) is 16.8. The molecule has 5 heteroatoms. The lowest BCUT2D eigenvalue weighted by Gasteiger charge is -2.10. The van der Waals surface area contributed by atoms with Crippen molar-refractivity contribution in [1.29, 1.82) is 0 Å². The van der Waals surface area contributed by atoms with Gasteiger partial charge in [-0.25, -0.2) is 9.59 Å². The molecule has 0 saturated heterocycles. The van der Waals surface area contributed by atoms with Gasteiger partial charge in [0.05, 0.1) is 0 Å². The number of aryl methyl sites for hydroxylation is 2. The van der Waals surface area contributed by atoms with Gasteiger partial charge in [0.2, 0.25) is 0 Å². The Morgan fingerprint density at radius 2 is 1.76 bits per heavy atom. The molecule has 0 atom stereocenters. The number of benzene rings is 2. The SMILES string of the molecule is Cc1cc2oc(=O)cc(COC(=O)COc3ccccc3)c2cc1C. The molecule has 0 saturated carbocycles. The second-order valence-electron chi connectivity index (χ2n) is 5.79. The van der Waals surface area contributed by atoms with Crippen molar-refractivity contribution in [2.24, 2.45) is 0 Å². The van der Waals surface area contributed by atoms with Crippen LogP contribution < -0.4 is 10.4 Å². The molecule has 0 amide bonds. The van der Waals surface area contributed by atoms with Gasteiger partial charge in [-0.2, -0.15) is 0 Å². The minimum absolute atomic E-state index is 0.0123. The van der Waals surface area contributed by atoms with Crippen LogP contribution in [0, 0.1) is 13.8 Å². The van der Waals surface area contributed by atoms with E-state index in [0.29, 0.717) is 16.9 Å². The summed E-state index contributed by atoms with van der Waals surface area (Å²) in [6.07, 6.45) is 0. The van der Waals surface area contributed by atoms with Gasteiger partial charge < -0.3 is 13.9 Å². The van der Waals surface area contributed by atoms with Crippen LogP contribution in [0.15, 0.2) is 57.7 Å². The average Bonchev–Trinajstić information content (AvgIpc) is 2.60. The van der Waals surface area contributed by atoms with E-state index < -0.39 is 11.6 Å². The molecule has 0 aliphatic heterocycles. The highest BCUT2D eigenvalue weighted by Gasteiger charge is 2.11. The summed E-state index contributed by atoms with van der Waals surface area (Å²) < 4.78 is 15.8. The summed E-state index contributed by atoms with van der Waals surface area (Å²) in [5.74, 6) is 0.0884. The summed E-state index contributed by atoms with van der Waals surface area (Å²) in [5, 5.41) is 0.763. The van der Waals surface area contributed by atoms with E-state index in [1.54, 1.807) is 12.1 Å². The third-order valence-corrected chi connectivity index (χ3v) is 3.93. The number of hydrogen-bond donors (Lipinski definition) is 0. The number of esters is 1. The zero-order valence-electron chi connectivity index (χ0n) is 14.1. The first-order chi connectivity index (χ1) is 12.0. The van der Waals surface area contributed by atoms with Gasteiger partial charge in [0.1, 0.15) is 17.9 Å². The molecular weight excluding hydrogens is 320 g/mol. The maximum absolute atomic E-state index is 11.9. The average molecular weight is 338 g/mol. The van der Waals surface area contributed by atoms with Crippen LogP contribution in [0.3, 0.4) is 0 Å². The van der Waals surface area contributed by atoms with Crippen molar-refractivity contribution in [3.63, 3.8) is 0 Å². The van der Waals surface area contributed by atoms with E-state index in [1.807, 2.05) is 44.2 Å². The summed E-state index contributed by atoms with van der Waals surface area (Å²) in [6.45, 7) is 3.72. The molecule has 0 aliphatic rings. The third kappa shape index (κ3) is 4.07. The first-order valence-corrected chi connectivity index (χ1v) is 7.90. The minimum atomic E-state index is -0.505. The van der Waals surface area contributed by atoms with Gasteiger partial charge in [-0.15, -0.1) is 0 Å². The highest BCUT2D eigenvalue weighted by atomic mass is 16.6. The molecule has 5 nitrogen and oxygen atoms in total. The lowest BCUT2D eigenvalue weighted by molar-refractivity contribution is -0.147. The van der Waals surface area contributed by atoms with E-state index in [1.165, 1.54) is 6.07 Å². The Balaban J connectivity index is 1.71. The van der Waals surface area contributed by atoms with Crippen LogP contribution in [-0.4, -0.2) is 12.6 Å². The van der Waals surface area contributed by atoms with Crippen LogP contribution in [0.25, 0.3) is 11.0 Å². The van der Waals surface area contributed by atoms with Crippen molar-refractivity contribution in [3.05, 3.63) is 75.6 Å². The van der Waals surface area contributed by atoms with Gasteiger partial charge >= 0.3 is 11.6 Å². The van der Waals surface area contributed by atoms with Crippen LogP contribution in [0.2, 0.25) is 0 Å². The first-order valence-electron chi connectivity index (χ1n) is 7.90. The number of rotatable bonds is 5. The van der Waals surface area contributed by atoms with E-state index >= 15 is 0 Å². The van der Waals surface area contributed by atoms with Crippen molar-refractivity contribution < 1.29 is 18.7 Å². The fourth-order valence-corrected chi connectivity index (χ4v) is 2.46. The summed E-state index contributed by atoms with van der Waals surface area (Å²) in [6, 6.07) is 14.1. The minimum Gasteiger partial charge on any atom is -0.482 e. The van der Waals surface area contributed by atoms with Gasteiger partial charge in [-0.05, 0) is 49.2 Å². The Hall–Kier alpha value is -3.08. The molecule has 3 aromatic rings. The standard InChI is InChI=1S/C20H18O5/c1-13-8-17-15(10-19(21)25-18(17)9-14(13)2)11-24-20(22)12-23-16-6-4-3-5-7-16/h3-10H,11-12H2,1-2H3. The molecule has 0 bridgehead atoms. The molecule has 1 heterocycles. The molecule has 0 radical (unpaired) electrons. The summed E-state index contributed by atoms with van der Waals surface area (Å²) in [5.41, 5.74) is 2.73. The fraction of sp³-hybridized carbons (Fsp3) is 0.200. The molecule has 128 valence electrons. The Morgan fingerprint density at radius 1 is 1.04 bits per heavy atom. The molecule has 0 unspecified atom stereocenters. The van der Waals surface area contributed by atoms with Crippen molar-refractivity contribution >= 4 is 16.9 Å². The predicted octanol–water partition coefficient (Wildman–Crippen LogP) is 3.53. The molecule has 0 fully saturated rings. The molecular formula is C20H18O5. The highest BCUT2D eigenvalue weighted by molar-refractivity contribution is 5.82. The second-order valence-corrected chi connectivity index (χ2v) is 5.79. The van der Waals surface area contributed by atoms with Crippen LogP contribution in [0.4, 0.5) is 0 Å². The van der Waals surface area contributed by atoms with E-state index in [0.717, 1.165) is 16.5 Å². The summed E-state index contributed by atoms with van der Waals surface area (Å²) >= 11 is 0. The Kier molecular flexibility index (Phi) is 4.84. The predicted molar refractivity (Wildman–Crippen MR) is 93.7 cm³/mol. The molecule has 0 spiro atoms. The van der Waals surface area contributed by atoms with Crippen molar-refractivity contribution in [2.75, 3.05) is 6.61 Å². The number of para-hydroxylation sites is 1. The van der Waals surface area contributed by atoms with Crippen LogP contribution >= 0.6 is 0 Å². The van der Waals surface area contributed by atoms with E-state index in [4.69, 9.17) is 13.9 Å². The lowest BCUT2D eigenvalue weighted by atomic mass is 10.0. The van der Waals surface area contributed by atoms with Crippen LogP contribution in [-0.2, 0) is 16.1 Å². The number of fused-ring (bicyclic) bond motifs is 1. The second kappa shape index (κ2) is 7.21. The smallest absolute Gasteiger partial charge is 0.344 e. The zero-order chi connectivity index (χ0) is 17.8. The van der Waals surface area contributed by atoms with Crippen LogP contribution in [0.5, 0.6) is 5.75 Å². The number of carbonyl (C=O) groups excluding carboxylic acids is 1. The Bertz CT molecular complexity index is 957. The Morgan fingerprint density at radius 3 is 2.52 bits per heavy atom. The van der Waals surface area contributed by atoms with E-state index in [-0.39, 0.29) is 13.2 Å².